The van der Waals surface area contributed by atoms with Crippen LogP contribution in [0.25, 0.3) is 0 Å². The lowest BCUT2D eigenvalue weighted by Gasteiger charge is -2.19. The first-order chi connectivity index (χ1) is 12.4. The number of carbonyl (C=O) groups is 2. The summed E-state index contributed by atoms with van der Waals surface area (Å²) in [6, 6.07) is 8.93. The number of carboxylic acid groups (broad SMARTS) is 1. The topological polar surface area (TPSA) is 78.4 Å². The van der Waals surface area contributed by atoms with Crippen LogP contribution >= 0.6 is 23.4 Å². The van der Waals surface area contributed by atoms with Gasteiger partial charge in [0.05, 0.1) is 16.9 Å². The molecule has 138 valence electrons. The van der Waals surface area contributed by atoms with Crippen LogP contribution in [0.5, 0.6) is 0 Å². The van der Waals surface area contributed by atoms with Crippen LogP contribution in [0, 0.1) is 0 Å². The van der Waals surface area contributed by atoms with E-state index in [1.165, 1.54) is 13.0 Å². The third-order valence-electron chi connectivity index (χ3n) is 3.92. The number of hydrogen-bond donors (Lipinski definition) is 3. The molecule has 0 radical (unpaired) electrons. The van der Waals surface area contributed by atoms with Gasteiger partial charge in [-0.15, -0.1) is 11.8 Å². The average molecular weight is 393 g/mol. The van der Waals surface area contributed by atoms with Crippen molar-refractivity contribution in [1.82, 2.24) is 0 Å². The van der Waals surface area contributed by atoms with Crippen LogP contribution in [0.4, 0.5) is 11.4 Å². The maximum absolute atomic E-state index is 11.5. The van der Waals surface area contributed by atoms with Gasteiger partial charge in [-0.25, -0.2) is 4.79 Å². The van der Waals surface area contributed by atoms with E-state index >= 15 is 0 Å². The van der Waals surface area contributed by atoms with Gasteiger partial charge in [-0.3, -0.25) is 4.79 Å². The van der Waals surface area contributed by atoms with Crippen LogP contribution in [0.15, 0.2) is 35.2 Å². The smallest absolute Gasteiger partial charge is 0.336 e. The number of aromatic carboxylic acids is 1. The Kier molecular flexibility index (Phi) is 6.94. The van der Waals surface area contributed by atoms with E-state index in [9.17, 15) is 14.7 Å². The van der Waals surface area contributed by atoms with Crippen molar-refractivity contribution in [1.29, 1.82) is 0 Å². The van der Waals surface area contributed by atoms with E-state index in [0.717, 1.165) is 10.5 Å². The summed E-state index contributed by atoms with van der Waals surface area (Å²) in [5.74, 6) is -1.22. The summed E-state index contributed by atoms with van der Waals surface area (Å²) in [6.07, 6.45) is 2.49. The molecular weight excluding hydrogens is 372 g/mol. The first kappa shape index (κ1) is 20.1. The van der Waals surface area contributed by atoms with Gasteiger partial charge in [0, 0.05) is 23.4 Å². The highest BCUT2D eigenvalue weighted by Crippen LogP contribution is 2.32. The highest BCUT2D eigenvalue weighted by Gasteiger charge is 2.17. The molecule has 7 heteroatoms. The summed E-state index contributed by atoms with van der Waals surface area (Å²) in [5.41, 5.74) is 2.90. The Labute approximate surface area is 162 Å². The summed E-state index contributed by atoms with van der Waals surface area (Å²) in [5, 5.41) is 16.1. The number of benzene rings is 2. The summed E-state index contributed by atoms with van der Waals surface area (Å²) in [6.45, 7) is 3.71. The van der Waals surface area contributed by atoms with Crippen molar-refractivity contribution >= 4 is 46.6 Å². The molecule has 0 saturated heterocycles. The SMILES string of the molecule is CCc1c(C(=O)O)ccc(NC(C)=O)c1NCc1ccc(SC)cc1Cl. The molecule has 2 rings (SSSR count). The Morgan fingerprint density at radius 1 is 1.23 bits per heavy atom. The number of anilines is 2. The molecule has 1 amide bonds. The number of thioether (sulfide) groups is 1. The fourth-order valence-electron chi connectivity index (χ4n) is 2.69. The van der Waals surface area contributed by atoms with Gasteiger partial charge in [-0.2, -0.15) is 0 Å². The van der Waals surface area contributed by atoms with E-state index in [2.05, 4.69) is 10.6 Å². The van der Waals surface area contributed by atoms with Crippen LogP contribution in [0.2, 0.25) is 5.02 Å². The molecule has 0 bridgehead atoms. The van der Waals surface area contributed by atoms with Gasteiger partial charge < -0.3 is 15.7 Å². The maximum Gasteiger partial charge on any atom is 0.336 e. The molecule has 0 aliphatic rings. The molecular formula is C19H21ClN2O3S. The van der Waals surface area contributed by atoms with E-state index < -0.39 is 5.97 Å². The second-order valence-electron chi connectivity index (χ2n) is 5.67. The van der Waals surface area contributed by atoms with Crippen molar-refractivity contribution in [2.24, 2.45) is 0 Å². The Morgan fingerprint density at radius 2 is 1.96 bits per heavy atom. The zero-order chi connectivity index (χ0) is 19.3. The van der Waals surface area contributed by atoms with Gasteiger partial charge in [0.1, 0.15) is 0 Å². The first-order valence-electron chi connectivity index (χ1n) is 8.10. The molecule has 5 nitrogen and oxygen atoms in total. The van der Waals surface area contributed by atoms with Crippen molar-refractivity contribution in [2.45, 2.75) is 31.7 Å². The average Bonchev–Trinajstić information content (AvgIpc) is 2.60. The lowest BCUT2D eigenvalue weighted by Crippen LogP contribution is -2.14. The molecule has 0 fully saturated rings. The van der Waals surface area contributed by atoms with Gasteiger partial charge in [0.25, 0.3) is 0 Å². The number of halogens is 1. The minimum Gasteiger partial charge on any atom is -0.478 e. The Balaban J connectivity index is 2.40. The minimum absolute atomic E-state index is 0.216. The van der Waals surface area contributed by atoms with Crippen molar-refractivity contribution in [3.05, 3.63) is 52.0 Å². The predicted molar refractivity (Wildman–Crippen MR) is 108 cm³/mol. The van der Waals surface area contributed by atoms with E-state index in [1.807, 2.05) is 31.4 Å². The molecule has 26 heavy (non-hydrogen) atoms. The van der Waals surface area contributed by atoms with E-state index in [4.69, 9.17) is 11.6 Å². The molecule has 0 aliphatic heterocycles. The van der Waals surface area contributed by atoms with Gasteiger partial charge in [-0.05, 0) is 48.1 Å². The number of carbonyl (C=O) groups excluding carboxylic acids is 1. The monoisotopic (exact) mass is 392 g/mol. The Bertz CT molecular complexity index is 840. The Hall–Kier alpha value is -2.18. The lowest BCUT2D eigenvalue weighted by molar-refractivity contribution is -0.114. The largest absolute Gasteiger partial charge is 0.478 e. The second-order valence-corrected chi connectivity index (χ2v) is 6.95. The third-order valence-corrected chi connectivity index (χ3v) is 5.00. The molecule has 0 aromatic heterocycles. The molecule has 0 saturated carbocycles. The molecule has 2 aromatic carbocycles. The van der Waals surface area contributed by atoms with Crippen molar-refractivity contribution in [2.75, 3.05) is 16.9 Å². The molecule has 0 heterocycles. The van der Waals surface area contributed by atoms with Gasteiger partial charge in [-0.1, -0.05) is 24.6 Å². The van der Waals surface area contributed by atoms with E-state index in [1.54, 1.807) is 17.8 Å². The highest BCUT2D eigenvalue weighted by atomic mass is 35.5. The van der Waals surface area contributed by atoms with Crippen LogP contribution in [-0.4, -0.2) is 23.2 Å². The second kappa shape index (κ2) is 8.96. The van der Waals surface area contributed by atoms with Crippen LogP contribution in [0.1, 0.15) is 35.3 Å². The fourth-order valence-corrected chi connectivity index (χ4v) is 3.45. The zero-order valence-corrected chi connectivity index (χ0v) is 16.4. The summed E-state index contributed by atoms with van der Waals surface area (Å²) >= 11 is 7.95. The number of hydrogen-bond acceptors (Lipinski definition) is 4. The standard InChI is InChI=1S/C19H21ClN2O3S/c1-4-14-15(19(24)25)7-8-17(22-11(2)23)18(14)21-10-12-5-6-13(26-3)9-16(12)20/h5-9,21H,4,10H2,1-3H3,(H,22,23)(H,24,25). The molecule has 0 atom stereocenters. The van der Waals surface area contributed by atoms with Crippen molar-refractivity contribution in [3.8, 4) is 0 Å². The van der Waals surface area contributed by atoms with Gasteiger partial charge in [0.2, 0.25) is 5.91 Å². The minimum atomic E-state index is -0.998. The van der Waals surface area contributed by atoms with Gasteiger partial charge >= 0.3 is 5.97 Å². The summed E-state index contributed by atoms with van der Waals surface area (Å²) < 4.78 is 0. The third kappa shape index (κ3) is 4.71. The fraction of sp³-hybridized carbons (Fsp3) is 0.263. The number of rotatable bonds is 7. The van der Waals surface area contributed by atoms with Crippen molar-refractivity contribution < 1.29 is 14.7 Å². The highest BCUT2D eigenvalue weighted by molar-refractivity contribution is 7.98. The summed E-state index contributed by atoms with van der Waals surface area (Å²) in [4.78, 5) is 24.1. The number of nitrogens with one attached hydrogen (secondary N) is 2. The van der Waals surface area contributed by atoms with Crippen molar-refractivity contribution in [3.63, 3.8) is 0 Å². The molecule has 2 aromatic rings. The molecule has 0 spiro atoms. The van der Waals surface area contributed by atoms with Crippen LogP contribution in [-0.2, 0) is 17.8 Å². The van der Waals surface area contributed by atoms with Crippen LogP contribution in [0.3, 0.4) is 0 Å². The quantitative estimate of drug-likeness (QED) is 0.584. The normalized spacial score (nSPS) is 10.5. The lowest BCUT2D eigenvalue weighted by atomic mass is 10.0. The van der Waals surface area contributed by atoms with Gasteiger partial charge in [0.15, 0.2) is 0 Å². The molecule has 0 aliphatic carbocycles. The molecule has 3 N–H and O–H groups in total. The number of carboxylic acids is 1. The predicted octanol–water partition coefficient (Wildman–Crippen LogP) is 4.89. The zero-order valence-electron chi connectivity index (χ0n) is 14.9. The van der Waals surface area contributed by atoms with E-state index in [-0.39, 0.29) is 11.5 Å². The maximum atomic E-state index is 11.5. The Morgan fingerprint density at radius 3 is 2.50 bits per heavy atom. The van der Waals surface area contributed by atoms with E-state index in [0.29, 0.717) is 34.9 Å². The number of amides is 1. The molecule has 0 unspecified atom stereocenters. The van der Waals surface area contributed by atoms with Crippen LogP contribution < -0.4 is 10.6 Å². The first-order valence-corrected chi connectivity index (χ1v) is 9.70. The summed E-state index contributed by atoms with van der Waals surface area (Å²) in [7, 11) is 0.